The molecule has 1 heterocycles. The molecule has 0 bridgehead atoms. The van der Waals surface area contributed by atoms with Crippen molar-refractivity contribution in [2.24, 2.45) is 0 Å². The van der Waals surface area contributed by atoms with Crippen molar-refractivity contribution in [3.05, 3.63) is 47.3 Å². The fourth-order valence-corrected chi connectivity index (χ4v) is 2.95. The van der Waals surface area contributed by atoms with E-state index < -0.39 is 0 Å². The first-order valence-electron chi connectivity index (χ1n) is 4.72. The zero-order valence-electron chi connectivity index (χ0n) is 7.95. The van der Waals surface area contributed by atoms with E-state index in [0.717, 1.165) is 0 Å². The summed E-state index contributed by atoms with van der Waals surface area (Å²) in [5.74, 6) is 0. The smallest absolute Gasteiger partial charge is 0.0424 e. The van der Waals surface area contributed by atoms with Crippen LogP contribution in [0, 0.1) is 6.92 Å². The molecular formula is C13H10S. The Morgan fingerprint density at radius 2 is 1.86 bits per heavy atom. The van der Waals surface area contributed by atoms with Gasteiger partial charge in [0.1, 0.15) is 0 Å². The van der Waals surface area contributed by atoms with Gasteiger partial charge in [-0.2, -0.15) is 0 Å². The topological polar surface area (TPSA) is 0 Å². The minimum Gasteiger partial charge on any atom is -0.140 e. The molecule has 1 heteroatoms. The van der Waals surface area contributed by atoms with Gasteiger partial charge in [-0.05, 0) is 35.6 Å². The molecule has 0 nitrogen and oxygen atoms in total. The van der Waals surface area contributed by atoms with Gasteiger partial charge in [0, 0.05) is 9.58 Å². The van der Waals surface area contributed by atoms with Crippen molar-refractivity contribution in [3.8, 4) is 11.1 Å². The van der Waals surface area contributed by atoms with Gasteiger partial charge in [-0.25, -0.2) is 0 Å². The highest BCUT2D eigenvalue weighted by atomic mass is 32.1. The molecule has 1 aromatic rings. The lowest BCUT2D eigenvalue weighted by Crippen LogP contribution is -1.62. The SMILES string of the molecule is Cc1cc2cc3cccccc-3c2s1. The van der Waals surface area contributed by atoms with Crippen LogP contribution in [0.4, 0.5) is 0 Å². The highest BCUT2D eigenvalue weighted by molar-refractivity contribution is 7.19. The minimum atomic E-state index is 1.34. The number of aryl methyl sites for hydroxylation is 1. The van der Waals surface area contributed by atoms with Gasteiger partial charge < -0.3 is 0 Å². The fraction of sp³-hybridized carbons (Fsp3) is 0.0769. The van der Waals surface area contributed by atoms with Crippen LogP contribution < -0.4 is 0 Å². The molecule has 68 valence electrons. The van der Waals surface area contributed by atoms with E-state index in [1.165, 1.54) is 26.1 Å². The van der Waals surface area contributed by atoms with Crippen molar-refractivity contribution in [1.29, 1.82) is 0 Å². The van der Waals surface area contributed by atoms with E-state index in [0.29, 0.717) is 0 Å². The molecule has 0 fully saturated rings. The molecule has 0 amide bonds. The summed E-state index contributed by atoms with van der Waals surface area (Å²) in [5, 5.41) is 1.38. The van der Waals surface area contributed by atoms with Crippen LogP contribution >= 0.6 is 11.3 Å². The van der Waals surface area contributed by atoms with Gasteiger partial charge >= 0.3 is 0 Å². The van der Waals surface area contributed by atoms with Crippen LogP contribution in [0.15, 0.2) is 42.5 Å². The zero-order valence-corrected chi connectivity index (χ0v) is 8.77. The summed E-state index contributed by atoms with van der Waals surface area (Å²) in [6, 6.07) is 15.2. The monoisotopic (exact) mass is 198 g/mol. The molecule has 3 rings (SSSR count). The molecule has 2 aliphatic carbocycles. The molecule has 0 unspecified atom stereocenters. The predicted octanol–water partition coefficient (Wildman–Crippen LogP) is 4.31. The maximum atomic E-state index is 2.27. The molecular weight excluding hydrogens is 188 g/mol. The van der Waals surface area contributed by atoms with Gasteiger partial charge in [0.25, 0.3) is 0 Å². The number of fused-ring (bicyclic) bond motifs is 3. The molecule has 0 spiro atoms. The lowest BCUT2D eigenvalue weighted by molar-refractivity contribution is 1.66. The van der Waals surface area contributed by atoms with Crippen molar-refractivity contribution in [1.82, 2.24) is 0 Å². The van der Waals surface area contributed by atoms with E-state index in [1.54, 1.807) is 0 Å². The normalized spacial score (nSPS) is 11.2. The highest BCUT2D eigenvalue weighted by Crippen LogP contribution is 2.38. The number of thiophene rings is 1. The van der Waals surface area contributed by atoms with E-state index in [-0.39, 0.29) is 0 Å². The Morgan fingerprint density at radius 3 is 2.79 bits per heavy atom. The van der Waals surface area contributed by atoms with E-state index in [9.17, 15) is 0 Å². The maximum Gasteiger partial charge on any atom is 0.0424 e. The Kier molecular flexibility index (Phi) is 1.62. The largest absolute Gasteiger partial charge is 0.140 e. The van der Waals surface area contributed by atoms with E-state index in [4.69, 9.17) is 0 Å². The van der Waals surface area contributed by atoms with Crippen LogP contribution in [0.1, 0.15) is 4.88 Å². The molecule has 0 N–H and O–H groups in total. The number of rotatable bonds is 0. The van der Waals surface area contributed by atoms with Crippen molar-refractivity contribution in [2.75, 3.05) is 0 Å². The van der Waals surface area contributed by atoms with E-state index in [1.807, 2.05) is 11.3 Å². The molecule has 0 saturated heterocycles. The summed E-state index contributed by atoms with van der Waals surface area (Å²) in [6.07, 6.45) is 0. The van der Waals surface area contributed by atoms with Crippen molar-refractivity contribution in [3.63, 3.8) is 0 Å². The van der Waals surface area contributed by atoms with Crippen LogP contribution in [-0.4, -0.2) is 0 Å². The average Bonchev–Trinajstić information content (AvgIpc) is 2.55. The lowest BCUT2D eigenvalue weighted by Gasteiger charge is -1.89. The maximum absolute atomic E-state index is 2.27. The first-order valence-corrected chi connectivity index (χ1v) is 5.54. The second kappa shape index (κ2) is 2.82. The Hall–Kier alpha value is -1.34. The summed E-state index contributed by atoms with van der Waals surface area (Å²) in [5.41, 5.74) is 2.72. The molecule has 0 atom stereocenters. The first kappa shape index (κ1) is 8.01. The Labute approximate surface area is 87.2 Å². The van der Waals surface area contributed by atoms with Crippen LogP contribution in [0.25, 0.3) is 21.2 Å². The summed E-state index contributed by atoms with van der Waals surface area (Å²) in [7, 11) is 0. The summed E-state index contributed by atoms with van der Waals surface area (Å²) < 4.78 is 1.42. The van der Waals surface area contributed by atoms with Crippen LogP contribution in [-0.2, 0) is 0 Å². The standard InChI is InChI=1S/C13H10S/c1-9-7-11-8-10-5-3-2-4-6-12(10)13(11)14-9/h2-8H,1H3. The summed E-state index contributed by atoms with van der Waals surface area (Å²) in [6.45, 7) is 2.17. The van der Waals surface area contributed by atoms with Crippen LogP contribution in [0.3, 0.4) is 0 Å². The quantitative estimate of drug-likeness (QED) is 0.505. The van der Waals surface area contributed by atoms with E-state index >= 15 is 0 Å². The molecule has 0 aliphatic heterocycles. The molecule has 1 aromatic heterocycles. The number of hydrogen-bond acceptors (Lipinski definition) is 1. The van der Waals surface area contributed by atoms with Crippen LogP contribution in [0.2, 0.25) is 0 Å². The van der Waals surface area contributed by atoms with Crippen molar-refractivity contribution in [2.45, 2.75) is 6.92 Å². The second-order valence-electron chi connectivity index (χ2n) is 3.57. The Bertz CT molecular complexity index is 563. The Balaban J connectivity index is 2.49. The lowest BCUT2D eigenvalue weighted by atomic mass is 10.2. The number of hydrogen-bond donors (Lipinski definition) is 0. The minimum absolute atomic E-state index is 1.34. The van der Waals surface area contributed by atoms with Crippen molar-refractivity contribution >= 4 is 21.4 Å². The van der Waals surface area contributed by atoms with Gasteiger partial charge in [0.15, 0.2) is 0 Å². The third-order valence-corrected chi connectivity index (χ3v) is 3.61. The van der Waals surface area contributed by atoms with Gasteiger partial charge in [0.2, 0.25) is 0 Å². The molecule has 0 radical (unpaired) electrons. The Morgan fingerprint density at radius 1 is 1.00 bits per heavy atom. The highest BCUT2D eigenvalue weighted by Gasteiger charge is 2.09. The first-order chi connectivity index (χ1) is 6.84. The van der Waals surface area contributed by atoms with Gasteiger partial charge in [-0.3, -0.25) is 0 Å². The van der Waals surface area contributed by atoms with Crippen molar-refractivity contribution < 1.29 is 0 Å². The molecule has 0 aromatic carbocycles. The summed E-state index contributed by atoms with van der Waals surface area (Å²) in [4.78, 5) is 1.39. The molecule has 0 saturated carbocycles. The van der Waals surface area contributed by atoms with Gasteiger partial charge in [-0.15, -0.1) is 11.3 Å². The predicted molar refractivity (Wildman–Crippen MR) is 63.2 cm³/mol. The zero-order chi connectivity index (χ0) is 9.54. The molecule has 2 aliphatic rings. The van der Waals surface area contributed by atoms with E-state index in [2.05, 4.69) is 49.4 Å². The van der Waals surface area contributed by atoms with Gasteiger partial charge in [0.05, 0.1) is 0 Å². The third kappa shape index (κ3) is 1.06. The summed E-state index contributed by atoms with van der Waals surface area (Å²) >= 11 is 1.88. The van der Waals surface area contributed by atoms with Gasteiger partial charge in [-0.1, -0.05) is 30.3 Å². The fourth-order valence-electron chi connectivity index (χ4n) is 1.91. The third-order valence-electron chi connectivity index (χ3n) is 2.51. The molecule has 14 heavy (non-hydrogen) atoms. The second-order valence-corrected chi connectivity index (χ2v) is 4.82. The average molecular weight is 198 g/mol. The van der Waals surface area contributed by atoms with Crippen LogP contribution in [0.5, 0.6) is 0 Å².